The summed E-state index contributed by atoms with van der Waals surface area (Å²) >= 11 is 0. The summed E-state index contributed by atoms with van der Waals surface area (Å²) in [6.07, 6.45) is 1.41. The molecule has 1 aromatic heterocycles. The number of ether oxygens (including phenoxy) is 1. The molecule has 2 rings (SSSR count). The molecule has 0 unspecified atom stereocenters. The van der Waals surface area contributed by atoms with E-state index in [-0.39, 0.29) is 5.82 Å². The SMILES string of the molecule is CCOC(=O)c1cnc(-c2ccc(C)c(F)c2)nc1C. The predicted molar refractivity (Wildman–Crippen MR) is 72.9 cm³/mol. The number of esters is 1. The van der Waals surface area contributed by atoms with Crippen molar-refractivity contribution < 1.29 is 13.9 Å². The number of rotatable bonds is 3. The molecule has 0 bridgehead atoms. The first-order valence-corrected chi connectivity index (χ1v) is 6.30. The van der Waals surface area contributed by atoms with Crippen LogP contribution in [0.25, 0.3) is 11.4 Å². The Morgan fingerprint density at radius 3 is 2.70 bits per heavy atom. The van der Waals surface area contributed by atoms with Gasteiger partial charge in [0.15, 0.2) is 5.82 Å². The van der Waals surface area contributed by atoms with E-state index >= 15 is 0 Å². The Morgan fingerprint density at radius 1 is 1.35 bits per heavy atom. The van der Waals surface area contributed by atoms with Crippen LogP contribution in [0.4, 0.5) is 4.39 Å². The minimum atomic E-state index is -0.452. The molecule has 0 radical (unpaired) electrons. The molecule has 20 heavy (non-hydrogen) atoms. The Bertz CT molecular complexity index is 656. The second kappa shape index (κ2) is 5.77. The van der Waals surface area contributed by atoms with Crippen LogP contribution in [0.15, 0.2) is 24.4 Å². The van der Waals surface area contributed by atoms with Gasteiger partial charge in [-0.15, -0.1) is 0 Å². The second-order valence-electron chi connectivity index (χ2n) is 4.38. The van der Waals surface area contributed by atoms with Crippen molar-refractivity contribution in [2.45, 2.75) is 20.8 Å². The van der Waals surface area contributed by atoms with E-state index in [1.807, 2.05) is 0 Å². The first kappa shape index (κ1) is 14.1. The number of hydrogen-bond acceptors (Lipinski definition) is 4. The van der Waals surface area contributed by atoms with Crippen molar-refractivity contribution in [1.82, 2.24) is 9.97 Å². The average molecular weight is 274 g/mol. The summed E-state index contributed by atoms with van der Waals surface area (Å²) in [6.45, 7) is 5.41. The molecule has 0 spiro atoms. The molecule has 1 heterocycles. The fraction of sp³-hybridized carbons (Fsp3) is 0.267. The second-order valence-corrected chi connectivity index (χ2v) is 4.38. The molecular weight excluding hydrogens is 259 g/mol. The van der Waals surface area contributed by atoms with Gasteiger partial charge in [0.25, 0.3) is 0 Å². The van der Waals surface area contributed by atoms with Gasteiger partial charge >= 0.3 is 5.97 Å². The lowest BCUT2D eigenvalue weighted by molar-refractivity contribution is 0.0524. The van der Waals surface area contributed by atoms with Crippen molar-refractivity contribution in [2.75, 3.05) is 6.61 Å². The molecule has 0 saturated carbocycles. The molecule has 0 fully saturated rings. The summed E-state index contributed by atoms with van der Waals surface area (Å²) in [7, 11) is 0. The Kier molecular flexibility index (Phi) is 4.08. The highest BCUT2D eigenvalue weighted by Crippen LogP contribution is 2.19. The van der Waals surface area contributed by atoms with E-state index < -0.39 is 5.97 Å². The number of halogens is 1. The number of carbonyl (C=O) groups excluding carboxylic acids is 1. The van der Waals surface area contributed by atoms with Crippen LogP contribution in [0.5, 0.6) is 0 Å². The fourth-order valence-corrected chi connectivity index (χ4v) is 1.75. The van der Waals surface area contributed by atoms with Gasteiger partial charge in [-0.2, -0.15) is 0 Å². The predicted octanol–water partition coefficient (Wildman–Crippen LogP) is 3.08. The van der Waals surface area contributed by atoms with Gasteiger partial charge < -0.3 is 4.74 Å². The third-order valence-electron chi connectivity index (χ3n) is 2.90. The van der Waals surface area contributed by atoms with E-state index in [0.29, 0.717) is 34.8 Å². The zero-order valence-corrected chi connectivity index (χ0v) is 11.6. The highest BCUT2D eigenvalue weighted by Gasteiger charge is 2.13. The van der Waals surface area contributed by atoms with Gasteiger partial charge in [0, 0.05) is 11.8 Å². The third-order valence-corrected chi connectivity index (χ3v) is 2.90. The topological polar surface area (TPSA) is 52.1 Å². The molecule has 1 aromatic carbocycles. The number of aromatic nitrogens is 2. The monoisotopic (exact) mass is 274 g/mol. The Morgan fingerprint density at radius 2 is 2.10 bits per heavy atom. The quantitative estimate of drug-likeness (QED) is 0.807. The molecule has 0 aliphatic rings. The maximum absolute atomic E-state index is 13.5. The molecule has 0 aliphatic heterocycles. The van der Waals surface area contributed by atoms with Gasteiger partial charge in [0.2, 0.25) is 0 Å². The molecule has 5 heteroatoms. The van der Waals surface area contributed by atoms with Gasteiger partial charge in [0.1, 0.15) is 5.82 Å². The summed E-state index contributed by atoms with van der Waals surface area (Å²) in [5.74, 6) is -0.376. The molecule has 0 aliphatic carbocycles. The van der Waals surface area contributed by atoms with E-state index in [0.717, 1.165) is 0 Å². The van der Waals surface area contributed by atoms with Gasteiger partial charge in [-0.3, -0.25) is 0 Å². The number of nitrogens with zero attached hydrogens (tertiary/aromatic N) is 2. The standard InChI is InChI=1S/C15H15FN2O2/c1-4-20-15(19)12-8-17-14(18-10(12)3)11-6-5-9(2)13(16)7-11/h5-8H,4H2,1-3H3. The normalized spacial score (nSPS) is 10.4. The minimum Gasteiger partial charge on any atom is -0.462 e. The van der Waals surface area contributed by atoms with Crippen molar-refractivity contribution >= 4 is 5.97 Å². The molecule has 0 N–H and O–H groups in total. The van der Waals surface area contributed by atoms with Gasteiger partial charge in [-0.05, 0) is 32.4 Å². The summed E-state index contributed by atoms with van der Waals surface area (Å²) in [5, 5.41) is 0. The maximum Gasteiger partial charge on any atom is 0.341 e. The highest BCUT2D eigenvalue weighted by molar-refractivity contribution is 5.90. The van der Waals surface area contributed by atoms with Crippen molar-refractivity contribution in [2.24, 2.45) is 0 Å². The summed E-state index contributed by atoms with van der Waals surface area (Å²) in [5.41, 5.74) is 1.97. The van der Waals surface area contributed by atoms with Crippen LogP contribution in [0, 0.1) is 19.7 Å². The number of hydrogen-bond donors (Lipinski definition) is 0. The molecule has 0 saturated heterocycles. The van der Waals surface area contributed by atoms with Gasteiger partial charge in [-0.25, -0.2) is 19.2 Å². The van der Waals surface area contributed by atoms with Crippen molar-refractivity contribution in [3.63, 3.8) is 0 Å². The van der Waals surface area contributed by atoms with Crippen LogP contribution < -0.4 is 0 Å². The van der Waals surface area contributed by atoms with E-state index in [2.05, 4.69) is 9.97 Å². The third kappa shape index (κ3) is 2.82. The van der Waals surface area contributed by atoms with E-state index in [1.165, 1.54) is 12.3 Å². The Balaban J connectivity index is 2.37. The number of benzene rings is 1. The Hall–Kier alpha value is -2.30. The van der Waals surface area contributed by atoms with E-state index in [9.17, 15) is 9.18 Å². The van der Waals surface area contributed by atoms with Crippen LogP contribution in [0.2, 0.25) is 0 Å². The van der Waals surface area contributed by atoms with Crippen LogP contribution >= 0.6 is 0 Å². The van der Waals surface area contributed by atoms with Crippen molar-refractivity contribution in [3.05, 3.63) is 47.0 Å². The lowest BCUT2D eigenvalue weighted by Gasteiger charge is -2.07. The summed E-state index contributed by atoms with van der Waals surface area (Å²) in [4.78, 5) is 20.0. The lowest BCUT2D eigenvalue weighted by atomic mass is 10.1. The first-order chi connectivity index (χ1) is 9.52. The van der Waals surface area contributed by atoms with Crippen LogP contribution in [-0.2, 0) is 4.74 Å². The summed E-state index contributed by atoms with van der Waals surface area (Å²) in [6, 6.07) is 4.80. The molecule has 0 atom stereocenters. The zero-order chi connectivity index (χ0) is 14.7. The molecule has 2 aromatic rings. The zero-order valence-electron chi connectivity index (χ0n) is 11.6. The van der Waals surface area contributed by atoms with Crippen LogP contribution in [0.3, 0.4) is 0 Å². The molecule has 104 valence electrons. The smallest absolute Gasteiger partial charge is 0.341 e. The minimum absolute atomic E-state index is 0.295. The fourth-order valence-electron chi connectivity index (χ4n) is 1.75. The van der Waals surface area contributed by atoms with Crippen LogP contribution in [0.1, 0.15) is 28.5 Å². The number of aryl methyl sites for hydroxylation is 2. The van der Waals surface area contributed by atoms with Crippen molar-refractivity contribution in [3.8, 4) is 11.4 Å². The van der Waals surface area contributed by atoms with E-state index in [1.54, 1.807) is 32.9 Å². The maximum atomic E-state index is 13.5. The molecule has 0 amide bonds. The molecule has 4 nitrogen and oxygen atoms in total. The van der Waals surface area contributed by atoms with Gasteiger partial charge in [-0.1, -0.05) is 12.1 Å². The summed E-state index contributed by atoms with van der Waals surface area (Å²) < 4.78 is 18.5. The van der Waals surface area contributed by atoms with Gasteiger partial charge in [0.05, 0.1) is 17.9 Å². The number of carbonyl (C=O) groups is 1. The molecular formula is C15H15FN2O2. The van der Waals surface area contributed by atoms with Crippen LogP contribution in [-0.4, -0.2) is 22.5 Å². The average Bonchev–Trinajstić information content (AvgIpc) is 2.42. The largest absolute Gasteiger partial charge is 0.462 e. The highest BCUT2D eigenvalue weighted by atomic mass is 19.1. The first-order valence-electron chi connectivity index (χ1n) is 6.30. The van der Waals surface area contributed by atoms with Crippen molar-refractivity contribution in [1.29, 1.82) is 0 Å². The lowest BCUT2D eigenvalue weighted by Crippen LogP contribution is -2.09. The van der Waals surface area contributed by atoms with E-state index in [4.69, 9.17) is 4.74 Å². The Labute approximate surface area is 116 Å².